The summed E-state index contributed by atoms with van der Waals surface area (Å²) in [6.07, 6.45) is 5.68. The van der Waals surface area contributed by atoms with Crippen molar-refractivity contribution in [3.63, 3.8) is 0 Å². The predicted molar refractivity (Wildman–Crippen MR) is 25.1 cm³/mol. The lowest BCUT2D eigenvalue weighted by molar-refractivity contribution is 0.564. The number of hydrogen-bond donors (Lipinski definition) is 0. The van der Waals surface area contributed by atoms with Gasteiger partial charge in [-0.2, -0.15) is 0 Å². The topological polar surface area (TPSA) is 17.1 Å². The lowest BCUT2D eigenvalue weighted by atomic mass is 10.4. The molecule has 1 heteroatoms. The minimum atomic E-state index is 0.912. The Balaban J connectivity index is 2.94. The van der Waals surface area contributed by atoms with Crippen LogP contribution < -0.4 is 0 Å². The summed E-state index contributed by atoms with van der Waals surface area (Å²) in [5, 5.41) is 0. The number of hydrogen-bond acceptors (Lipinski definition) is 1. The zero-order chi connectivity index (χ0) is 4.83. The van der Waals surface area contributed by atoms with E-state index < -0.39 is 0 Å². The van der Waals surface area contributed by atoms with Crippen molar-refractivity contribution in [1.29, 1.82) is 0 Å². The molecule has 0 aromatic carbocycles. The van der Waals surface area contributed by atoms with Crippen LogP contribution in [-0.2, 0) is 4.79 Å². The highest BCUT2D eigenvalue weighted by atomic mass is 16.1. The highest BCUT2D eigenvalue weighted by molar-refractivity contribution is 5.65. The van der Waals surface area contributed by atoms with Gasteiger partial charge in [0.15, 0.2) is 0 Å². The largest absolute Gasteiger partial charge is 0.286 e. The maximum atomic E-state index is 9.35. The van der Waals surface area contributed by atoms with Crippen molar-refractivity contribution in [2.24, 2.45) is 0 Å². The first-order valence-electron chi connectivity index (χ1n) is 1.94. The molecule has 0 aromatic heterocycles. The standard InChI is InChI=1S/C5H7O/c1-2-3-4-5-6/h3-4H,2H2,1H3/b4-3+. The SMILES string of the molecule is CC/C=C/[C]=O. The quantitative estimate of drug-likeness (QED) is 0.456. The normalized spacial score (nSPS) is 9.50. The first kappa shape index (κ1) is 5.41. The Morgan fingerprint density at radius 1 is 1.83 bits per heavy atom. The van der Waals surface area contributed by atoms with Gasteiger partial charge < -0.3 is 0 Å². The van der Waals surface area contributed by atoms with Crippen molar-refractivity contribution in [2.75, 3.05) is 0 Å². The van der Waals surface area contributed by atoms with Crippen molar-refractivity contribution < 1.29 is 4.79 Å². The summed E-state index contributed by atoms with van der Waals surface area (Å²) in [5.41, 5.74) is 0. The Kier molecular flexibility index (Phi) is 3.98. The minimum absolute atomic E-state index is 0.912. The highest BCUT2D eigenvalue weighted by Crippen LogP contribution is 1.72. The van der Waals surface area contributed by atoms with Crippen molar-refractivity contribution in [2.45, 2.75) is 13.3 Å². The Bertz CT molecular complexity index is 55.0. The second kappa shape index (κ2) is 4.41. The van der Waals surface area contributed by atoms with Gasteiger partial charge in [-0.3, -0.25) is 4.79 Å². The third-order valence-corrected chi connectivity index (χ3v) is 0.422. The Morgan fingerprint density at radius 3 is 2.67 bits per heavy atom. The van der Waals surface area contributed by atoms with Crippen LogP contribution in [0.2, 0.25) is 0 Å². The van der Waals surface area contributed by atoms with Crippen LogP contribution in [0.5, 0.6) is 0 Å². The maximum Gasteiger partial charge on any atom is 0.225 e. The molecule has 0 rings (SSSR count). The molecule has 0 aliphatic carbocycles. The van der Waals surface area contributed by atoms with E-state index in [1.54, 1.807) is 12.4 Å². The number of carbonyl (C=O) groups excluding carboxylic acids is 1. The first-order valence-corrected chi connectivity index (χ1v) is 1.94. The second-order valence-corrected chi connectivity index (χ2v) is 0.928. The lowest BCUT2D eigenvalue weighted by Gasteiger charge is -1.64. The third kappa shape index (κ3) is 3.41. The summed E-state index contributed by atoms with van der Waals surface area (Å²) in [6.45, 7) is 1.97. The molecule has 0 saturated heterocycles. The van der Waals surface area contributed by atoms with Gasteiger partial charge in [0.2, 0.25) is 6.29 Å². The van der Waals surface area contributed by atoms with Crippen molar-refractivity contribution in [3.05, 3.63) is 12.2 Å². The molecule has 0 bridgehead atoms. The van der Waals surface area contributed by atoms with E-state index >= 15 is 0 Å². The van der Waals surface area contributed by atoms with E-state index in [1.165, 1.54) is 6.08 Å². The molecule has 33 valence electrons. The molecule has 0 spiro atoms. The molecule has 0 aliphatic heterocycles. The molecular weight excluding hydrogens is 76.1 g/mol. The molecule has 1 nitrogen and oxygen atoms in total. The van der Waals surface area contributed by atoms with Crippen LogP contribution in [0.25, 0.3) is 0 Å². The molecule has 6 heavy (non-hydrogen) atoms. The van der Waals surface area contributed by atoms with E-state index in [9.17, 15) is 4.79 Å². The Morgan fingerprint density at radius 2 is 2.50 bits per heavy atom. The van der Waals surface area contributed by atoms with Crippen LogP contribution in [0.1, 0.15) is 13.3 Å². The molecular formula is C5H7O. The molecule has 0 fully saturated rings. The van der Waals surface area contributed by atoms with E-state index in [1.807, 2.05) is 6.92 Å². The summed E-state index contributed by atoms with van der Waals surface area (Å²) >= 11 is 0. The summed E-state index contributed by atoms with van der Waals surface area (Å²) in [6, 6.07) is 0. The van der Waals surface area contributed by atoms with Crippen LogP contribution in [0.4, 0.5) is 0 Å². The van der Waals surface area contributed by atoms with E-state index in [0.29, 0.717) is 0 Å². The van der Waals surface area contributed by atoms with Crippen molar-refractivity contribution in [3.8, 4) is 0 Å². The molecule has 1 radical (unpaired) electrons. The molecule has 0 atom stereocenters. The number of allylic oxidation sites excluding steroid dienone is 2. The summed E-state index contributed by atoms with van der Waals surface area (Å²) < 4.78 is 0. The van der Waals surface area contributed by atoms with E-state index in [2.05, 4.69) is 0 Å². The summed E-state index contributed by atoms with van der Waals surface area (Å²) in [5.74, 6) is 0. The van der Waals surface area contributed by atoms with Gasteiger partial charge in [0.25, 0.3) is 0 Å². The van der Waals surface area contributed by atoms with Crippen LogP contribution in [0.3, 0.4) is 0 Å². The van der Waals surface area contributed by atoms with Crippen LogP contribution in [0, 0.1) is 0 Å². The average Bonchev–Trinajstić information content (AvgIpc) is 1.61. The maximum absolute atomic E-state index is 9.35. The van der Waals surface area contributed by atoms with E-state index in [-0.39, 0.29) is 0 Å². The first-order chi connectivity index (χ1) is 2.91. The van der Waals surface area contributed by atoms with Gasteiger partial charge in [-0.1, -0.05) is 13.0 Å². The zero-order valence-electron chi connectivity index (χ0n) is 3.77. The fraction of sp³-hybridized carbons (Fsp3) is 0.400. The average molecular weight is 83.1 g/mol. The minimum Gasteiger partial charge on any atom is -0.286 e. The fourth-order valence-electron chi connectivity index (χ4n) is 0.166. The van der Waals surface area contributed by atoms with Crippen LogP contribution in [0.15, 0.2) is 12.2 Å². The lowest BCUT2D eigenvalue weighted by Crippen LogP contribution is -1.55. The molecule has 0 amide bonds. The van der Waals surface area contributed by atoms with Gasteiger partial charge >= 0.3 is 0 Å². The molecule has 0 N–H and O–H groups in total. The molecule has 0 unspecified atom stereocenters. The molecule has 0 aromatic rings. The van der Waals surface area contributed by atoms with Crippen LogP contribution >= 0.6 is 0 Å². The third-order valence-electron chi connectivity index (χ3n) is 0.422. The van der Waals surface area contributed by atoms with Crippen LogP contribution in [-0.4, -0.2) is 6.29 Å². The van der Waals surface area contributed by atoms with Gasteiger partial charge in [0.1, 0.15) is 0 Å². The van der Waals surface area contributed by atoms with Crippen molar-refractivity contribution >= 4 is 6.29 Å². The zero-order valence-corrected chi connectivity index (χ0v) is 3.77. The predicted octanol–water partition coefficient (Wildman–Crippen LogP) is 1.06. The molecule has 0 heterocycles. The molecule has 0 aliphatic rings. The van der Waals surface area contributed by atoms with Gasteiger partial charge in [-0.15, -0.1) is 0 Å². The smallest absolute Gasteiger partial charge is 0.225 e. The number of rotatable bonds is 2. The van der Waals surface area contributed by atoms with Crippen molar-refractivity contribution in [1.82, 2.24) is 0 Å². The monoisotopic (exact) mass is 83.0 g/mol. The summed E-state index contributed by atoms with van der Waals surface area (Å²) in [4.78, 5) is 9.35. The highest BCUT2D eigenvalue weighted by Gasteiger charge is 1.60. The Hall–Kier alpha value is -0.590. The second-order valence-electron chi connectivity index (χ2n) is 0.928. The van der Waals surface area contributed by atoms with Gasteiger partial charge in [-0.05, 0) is 12.5 Å². The van der Waals surface area contributed by atoms with Gasteiger partial charge in [-0.25, -0.2) is 0 Å². The molecule has 0 saturated carbocycles. The fourth-order valence-corrected chi connectivity index (χ4v) is 0.166. The van der Waals surface area contributed by atoms with Gasteiger partial charge in [0.05, 0.1) is 0 Å². The van der Waals surface area contributed by atoms with Gasteiger partial charge in [0, 0.05) is 0 Å². The summed E-state index contributed by atoms with van der Waals surface area (Å²) in [7, 11) is 0. The van der Waals surface area contributed by atoms with E-state index in [4.69, 9.17) is 0 Å². The Labute approximate surface area is 37.7 Å². The van der Waals surface area contributed by atoms with E-state index in [0.717, 1.165) is 6.42 Å².